The van der Waals surface area contributed by atoms with E-state index < -0.39 is 0 Å². The summed E-state index contributed by atoms with van der Waals surface area (Å²) >= 11 is 5.76. The van der Waals surface area contributed by atoms with Gasteiger partial charge in [-0.05, 0) is 19.1 Å². The second kappa shape index (κ2) is 4.00. The summed E-state index contributed by atoms with van der Waals surface area (Å²) in [6.07, 6.45) is 1.58. The van der Waals surface area contributed by atoms with E-state index in [1.807, 2.05) is 0 Å². The standard InChI is InChI=1S/C10H9ClN2O2/c1-6-8(5-14)10(15-13-6)7-2-3-12-9(11)4-7/h2-4,14H,5H2,1H3. The number of nitrogens with zero attached hydrogens (tertiary/aromatic N) is 2. The van der Waals surface area contributed by atoms with Gasteiger partial charge in [0, 0.05) is 17.3 Å². The monoisotopic (exact) mass is 224 g/mol. The van der Waals surface area contributed by atoms with Gasteiger partial charge in [-0.25, -0.2) is 4.98 Å². The van der Waals surface area contributed by atoms with Gasteiger partial charge in [0.2, 0.25) is 0 Å². The smallest absolute Gasteiger partial charge is 0.172 e. The van der Waals surface area contributed by atoms with E-state index in [4.69, 9.17) is 16.1 Å². The summed E-state index contributed by atoms with van der Waals surface area (Å²) in [5.74, 6) is 0.541. The minimum atomic E-state index is -0.107. The summed E-state index contributed by atoms with van der Waals surface area (Å²) in [4.78, 5) is 3.87. The number of pyridine rings is 1. The highest BCUT2D eigenvalue weighted by Crippen LogP contribution is 2.27. The second-order valence-corrected chi connectivity index (χ2v) is 3.49. The lowest BCUT2D eigenvalue weighted by atomic mass is 10.1. The Morgan fingerprint density at radius 1 is 1.53 bits per heavy atom. The van der Waals surface area contributed by atoms with E-state index in [1.54, 1.807) is 25.3 Å². The van der Waals surface area contributed by atoms with Gasteiger partial charge in [-0.2, -0.15) is 0 Å². The molecular weight excluding hydrogens is 216 g/mol. The van der Waals surface area contributed by atoms with Gasteiger partial charge in [-0.3, -0.25) is 0 Å². The highest BCUT2D eigenvalue weighted by Gasteiger charge is 2.14. The van der Waals surface area contributed by atoms with Crippen molar-refractivity contribution in [3.63, 3.8) is 0 Å². The molecule has 2 aromatic rings. The Labute approximate surface area is 91.5 Å². The summed E-state index contributed by atoms with van der Waals surface area (Å²) in [7, 11) is 0. The summed E-state index contributed by atoms with van der Waals surface area (Å²) in [6.45, 7) is 1.67. The van der Waals surface area contributed by atoms with Crippen molar-refractivity contribution >= 4 is 11.6 Å². The third kappa shape index (κ3) is 1.86. The molecule has 78 valence electrons. The van der Waals surface area contributed by atoms with Crippen molar-refractivity contribution in [2.24, 2.45) is 0 Å². The first-order chi connectivity index (χ1) is 7.22. The second-order valence-electron chi connectivity index (χ2n) is 3.10. The van der Waals surface area contributed by atoms with Crippen LogP contribution < -0.4 is 0 Å². The van der Waals surface area contributed by atoms with Crippen LogP contribution >= 0.6 is 11.6 Å². The molecule has 0 saturated heterocycles. The predicted molar refractivity (Wildman–Crippen MR) is 55.4 cm³/mol. The van der Waals surface area contributed by atoms with Crippen LogP contribution in [-0.4, -0.2) is 15.2 Å². The molecule has 0 spiro atoms. The fraction of sp³-hybridized carbons (Fsp3) is 0.200. The maximum absolute atomic E-state index is 9.17. The fourth-order valence-electron chi connectivity index (χ4n) is 1.35. The van der Waals surface area contributed by atoms with Crippen molar-refractivity contribution in [2.75, 3.05) is 0 Å². The van der Waals surface area contributed by atoms with Crippen LogP contribution in [0.15, 0.2) is 22.9 Å². The molecule has 0 aliphatic heterocycles. The van der Waals surface area contributed by atoms with E-state index in [0.29, 0.717) is 22.2 Å². The van der Waals surface area contributed by atoms with Gasteiger partial charge in [0.15, 0.2) is 5.76 Å². The summed E-state index contributed by atoms with van der Waals surface area (Å²) in [5.41, 5.74) is 2.12. The largest absolute Gasteiger partial charge is 0.391 e. The van der Waals surface area contributed by atoms with Crippen molar-refractivity contribution < 1.29 is 9.63 Å². The zero-order valence-corrected chi connectivity index (χ0v) is 8.82. The Morgan fingerprint density at radius 3 is 3.00 bits per heavy atom. The minimum absolute atomic E-state index is 0.107. The third-order valence-corrected chi connectivity index (χ3v) is 2.34. The van der Waals surface area contributed by atoms with Crippen molar-refractivity contribution in [1.29, 1.82) is 0 Å². The summed E-state index contributed by atoms with van der Waals surface area (Å²) in [6, 6.07) is 3.42. The quantitative estimate of drug-likeness (QED) is 0.795. The maximum atomic E-state index is 9.17. The zero-order chi connectivity index (χ0) is 10.8. The number of rotatable bonds is 2. The normalized spacial score (nSPS) is 10.6. The van der Waals surface area contributed by atoms with Crippen LogP contribution in [0.25, 0.3) is 11.3 Å². The number of aliphatic hydroxyl groups is 1. The molecule has 0 bridgehead atoms. The van der Waals surface area contributed by atoms with Crippen LogP contribution in [0, 0.1) is 6.92 Å². The number of halogens is 1. The van der Waals surface area contributed by atoms with Gasteiger partial charge in [0.05, 0.1) is 12.3 Å². The Morgan fingerprint density at radius 2 is 2.33 bits per heavy atom. The number of hydrogen-bond donors (Lipinski definition) is 1. The SMILES string of the molecule is Cc1noc(-c2ccnc(Cl)c2)c1CO. The van der Waals surface area contributed by atoms with Gasteiger partial charge in [0.25, 0.3) is 0 Å². The molecule has 0 radical (unpaired) electrons. The number of aromatic nitrogens is 2. The molecule has 0 amide bonds. The first-order valence-corrected chi connectivity index (χ1v) is 4.78. The van der Waals surface area contributed by atoms with Gasteiger partial charge >= 0.3 is 0 Å². The molecule has 0 fully saturated rings. The predicted octanol–water partition coefficient (Wildman–Crippen LogP) is 2.19. The minimum Gasteiger partial charge on any atom is -0.391 e. The van der Waals surface area contributed by atoms with Crippen LogP contribution in [0.2, 0.25) is 5.15 Å². The van der Waals surface area contributed by atoms with Crippen LogP contribution in [0.1, 0.15) is 11.3 Å². The Balaban J connectivity index is 2.54. The van der Waals surface area contributed by atoms with Crippen LogP contribution in [-0.2, 0) is 6.61 Å². The van der Waals surface area contributed by atoms with Crippen molar-refractivity contribution in [3.8, 4) is 11.3 Å². The molecule has 15 heavy (non-hydrogen) atoms. The van der Waals surface area contributed by atoms with Gasteiger partial charge < -0.3 is 9.63 Å². The molecule has 0 unspecified atom stereocenters. The topological polar surface area (TPSA) is 59.2 Å². The average Bonchev–Trinajstić information content (AvgIpc) is 2.59. The number of aliphatic hydroxyl groups excluding tert-OH is 1. The molecular formula is C10H9ClN2O2. The number of hydrogen-bond acceptors (Lipinski definition) is 4. The summed E-state index contributed by atoms with van der Waals surface area (Å²) in [5, 5.41) is 13.3. The average molecular weight is 225 g/mol. The number of aryl methyl sites for hydroxylation is 1. The maximum Gasteiger partial charge on any atom is 0.172 e. The van der Waals surface area contributed by atoms with Crippen molar-refractivity contribution in [2.45, 2.75) is 13.5 Å². The fourth-order valence-corrected chi connectivity index (χ4v) is 1.52. The van der Waals surface area contributed by atoms with Crippen LogP contribution in [0.5, 0.6) is 0 Å². The molecule has 2 rings (SSSR count). The molecule has 5 heteroatoms. The van der Waals surface area contributed by atoms with E-state index in [0.717, 1.165) is 5.56 Å². The van der Waals surface area contributed by atoms with E-state index in [-0.39, 0.29) is 6.61 Å². The van der Waals surface area contributed by atoms with E-state index >= 15 is 0 Å². The molecule has 0 atom stereocenters. The van der Waals surface area contributed by atoms with Crippen molar-refractivity contribution in [3.05, 3.63) is 34.7 Å². The molecule has 0 aromatic carbocycles. The first-order valence-electron chi connectivity index (χ1n) is 4.40. The van der Waals surface area contributed by atoms with Crippen LogP contribution in [0.3, 0.4) is 0 Å². The highest BCUT2D eigenvalue weighted by molar-refractivity contribution is 6.29. The van der Waals surface area contributed by atoms with Crippen LogP contribution in [0.4, 0.5) is 0 Å². The van der Waals surface area contributed by atoms with E-state index in [2.05, 4.69) is 10.1 Å². The Kier molecular flexibility index (Phi) is 2.70. The molecule has 4 nitrogen and oxygen atoms in total. The van der Waals surface area contributed by atoms with Gasteiger partial charge in [-0.15, -0.1) is 0 Å². The lowest BCUT2D eigenvalue weighted by molar-refractivity contribution is 0.281. The highest BCUT2D eigenvalue weighted by atomic mass is 35.5. The van der Waals surface area contributed by atoms with Crippen molar-refractivity contribution in [1.82, 2.24) is 10.1 Å². The lowest BCUT2D eigenvalue weighted by Crippen LogP contribution is -1.87. The molecule has 0 saturated carbocycles. The molecule has 0 aliphatic rings. The van der Waals surface area contributed by atoms with E-state index in [1.165, 1.54) is 0 Å². The third-order valence-electron chi connectivity index (χ3n) is 2.13. The van der Waals surface area contributed by atoms with Gasteiger partial charge in [0.1, 0.15) is 5.15 Å². The zero-order valence-electron chi connectivity index (χ0n) is 8.07. The molecule has 0 aliphatic carbocycles. The molecule has 1 N–H and O–H groups in total. The first kappa shape index (κ1) is 10.1. The van der Waals surface area contributed by atoms with Gasteiger partial charge in [-0.1, -0.05) is 16.8 Å². The Bertz CT molecular complexity index is 482. The Hall–Kier alpha value is -1.39. The summed E-state index contributed by atoms with van der Waals surface area (Å²) < 4.78 is 5.13. The molecule has 2 aromatic heterocycles. The lowest BCUT2D eigenvalue weighted by Gasteiger charge is -1.98. The molecule has 2 heterocycles. The van der Waals surface area contributed by atoms with E-state index in [9.17, 15) is 5.11 Å².